The molecule has 0 saturated heterocycles. The summed E-state index contributed by atoms with van der Waals surface area (Å²) in [5.74, 6) is 2.10. The van der Waals surface area contributed by atoms with Gasteiger partial charge in [-0.05, 0) is 56.8 Å². The molecule has 5 nitrogen and oxygen atoms in total. The lowest BCUT2D eigenvalue weighted by Gasteiger charge is -2.33. The molecular weight excluding hydrogens is 362 g/mol. The Kier molecular flexibility index (Phi) is 8.72. The monoisotopic (exact) mass is 401 g/mol. The van der Waals surface area contributed by atoms with Crippen LogP contribution in [-0.4, -0.2) is 53.9 Å². The predicted molar refractivity (Wildman–Crippen MR) is 123 cm³/mol. The van der Waals surface area contributed by atoms with Crippen molar-refractivity contribution in [3.8, 4) is 5.75 Å². The number of pyridine rings is 1. The van der Waals surface area contributed by atoms with Gasteiger partial charge >= 0.3 is 0 Å². The van der Waals surface area contributed by atoms with Gasteiger partial charge in [-0.3, -0.25) is 4.98 Å². The van der Waals surface area contributed by atoms with Crippen molar-refractivity contribution >= 4 is 16.6 Å². The number of aromatic nitrogens is 1. The maximum absolute atomic E-state index is 11.1. The van der Waals surface area contributed by atoms with Gasteiger partial charge in [0.15, 0.2) is 0 Å². The van der Waals surface area contributed by atoms with Gasteiger partial charge in [-0.2, -0.15) is 0 Å². The van der Waals surface area contributed by atoms with Gasteiger partial charge in [0.25, 0.3) is 0 Å². The molecular formula is C24H39N3O2. The van der Waals surface area contributed by atoms with Crippen molar-refractivity contribution in [2.45, 2.75) is 53.1 Å². The van der Waals surface area contributed by atoms with Gasteiger partial charge < -0.3 is 20.1 Å². The normalized spacial score (nSPS) is 14.0. The van der Waals surface area contributed by atoms with Crippen molar-refractivity contribution in [1.82, 2.24) is 9.88 Å². The van der Waals surface area contributed by atoms with Gasteiger partial charge in [-0.1, -0.05) is 33.8 Å². The van der Waals surface area contributed by atoms with E-state index in [9.17, 15) is 5.11 Å². The maximum atomic E-state index is 11.1. The van der Waals surface area contributed by atoms with Crippen molar-refractivity contribution in [1.29, 1.82) is 0 Å². The fourth-order valence-corrected chi connectivity index (χ4v) is 3.39. The van der Waals surface area contributed by atoms with Crippen LogP contribution in [0.5, 0.6) is 5.75 Å². The maximum Gasteiger partial charge on any atom is 0.121 e. The van der Waals surface area contributed by atoms with Crippen LogP contribution in [0.3, 0.4) is 0 Å². The van der Waals surface area contributed by atoms with Gasteiger partial charge in [0.2, 0.25) is 0 Å². The average molecular weight is 402 g/mol. The molecule has 0 fully saturated rings. The van der Waals surface area contributed by atoms with Crippen LogP contribution in [0.25, 0.3) is 10.9 Å². The van der Waals surface area contributed by atoms with E-state index in [1.54, 1.807) is 13.3 Å². The third-order valence-electron chi connectivity index (χ3n) is 5.18. The smallest absolute Gasteiger partial charge is 0.121 e. The van der Waals surface area contributed by atoms with Gasteiger partial charge in [-0.25, -0.2) is 0 Å². The lowest BCUT2D eigenvalue weighted by molar-refractivity contribution is 0.0282. The Labute approximate surface area is 176 Å². The Morgan fingerprint density at radius 1 is 1.14 bits per heavy atom. The molecule has 0 aliphatic carbocycles. The number of nitrogens with zero attached hydrogens (tertiary/aromatic N) is 2. The fourth-order valence-electron chi connectivity index (χ4n) is 3.39. The standard InChI is InChI=1S/C24H39N3O2/c1-18(2)9-12-27(13-10-19(3)4)17-24(5,28)16-26-22-15-21(29-6)14-20-8-7-11-25-23(20)22/h7-8,11,14-15,18-19,26,28H,9-10,12-13,16-17H2,1-6H3. The zero-order chi connectivity index (χ0) is 21.4. The van der Waals surface area contributed by atoms with Gasteiger partial charge in [0.05, 0.1) is 23.9 Å². The third kappa shape index (κ3) is 7.82. The summed E-state index contributed by atoms with van der Waals surface area (Å²) >= 11 is 0. The minimum absolute atomic E-state index is 0.450. The lowest BCUT2D eigenvalue weighted by atomic mass is 10.0. The SMILES string of the molecule is COc1cc(NCC(C)(O)CN(CCC(C)C)CCC(C)C)c2ncccc2c1. The number of hydrogen-bond donors (Lipinski definition) is 2. The Morgan fingerprint density at radius 2 is 1.79 bits per heavy atom. The van der Waals surface area contributed by atoms with Gasteiger partial charge in [-0.15, -0.1) is 0 Å². The van der Waals surface area contributed by atoms with E-state index in [-0.39, 0.29) is 0 Å². The van der Waals surface area contributed by atoms with Crippen LogP contribution in [0, 0.1) is 11.8 Å². The van der Waals surface area contributed by atoms with Crippen LogP contribution in [0.15, 0.2) is 30.5 Å². The number of methoxy groups -OCH3 is 1. The molecule has 29 heavy (non-hydrogen) atoms. The minimum Gasteiger partial charge on any atom is -0.497 e. The first-order chi connectivity index (χ1) is 13.7. The number of anilines is 1. The highest BCUT2D eigenvalue weighted by Gasteiger charge is 2.24. The Hall–Kier alpha value is -1.85. The van der Waals surface area contributed by atoms with Crippen LogP contribution >= 0.6 is 0 Å². The molecule has 1 unspecified atom stereocenters. The van der Waals surface area contributed by atoms with E-state index in [1.165, 1.54) is 0 Å². The summed E-state index contributed by atoms with van der Waals surface area (Å²) in [4.78, 5) is 6.91. The van der Waals surface area contributed by atoms with Crippen LogP contribution in [0.2, 0.25) is 0 Å². The molecule has 1 aromatic heterocycles. The van der Waals surface area contributed by atoms with Crippen molar-refractivity contribution in [3.05, 3.63) is 30.5 Å². The zero-order valence-electron chi connectivity index (χ0n) is 19.0. The highest BCUT2D eigenvalue weighted by molar-refractivity contribution is 5.91. The first kappa shape index (κ1) is 23.4. The largest absolute Gasteiger partial charge is 0.497 e. The van der Waals surface area contributed by atoms with Crippen LogP contribution in [0.4, 0.5) is 5.69 Å². The molecule has 0 saturated carbocycles. The summed E-state index contributed by atoms with van der Waals surface area (Å²) in [7, 11) is 1.67. The van der Waals surface area contributed by atoms with E-state index in [2.05, 4.69) is 42.9 Å². The van der Waals surface area contributed by atoms with E-state index >= 15 is 0 Å². The number of rotatable bonds is 12. The molecule has 0 spiro atoms. The number of ether oxygens (including phenoxy) is 1. The second-order valence-electron chi connectivity index (χ2n) is 9.24. The van der Waals surface area contributed by atoms with E-state index in [0.29, 0.717) is 24.9 Å². The molecule has 1 heterocycles. The van der Waals surface area contributed by atoms with Crippen LogP contribution in [-0.2, 0) is 0 Å². The molecule has 0 radical (unpaired) electrons. The Balaban J connectivity index is 2.08. The molecule has 0 bridgehead atoms. The van der Waals surface area contributed by atoms with Crippen molar-refractivity contribution in [3.63, 3.8) is 0 Å². The summed E-state index contributed by atoms with van der Waals surface area (Å²) in [6.45, 7) is 14.0. The molecule has 2 aromatic rings. The first-order valence-electron chi connectivity index (χ1n) is 10.8. The molecule has 1 aromatic carbocycles. The molecule has 0 aliphatic rings. The van der Waals surface area contributed by atoms with Crippen molar-refractivity contribution in [2.75, 3.05) is 38.6 Å². The summed E-state index contributed by atoms with van der Waals surface area (Å²) in [6.07, 6.45) is 4.08. The minimum atomic E-state index is -0.849. The molecule has 0 aliphatic heterocycles. The number of nitrogens with one attached hydrogen (secondary N) is 1. The average Bonchev–Trinajstić information content (AvgIpc) is 2.67. The molecule has 5 heteroatoms. The Morgan fingerprint density at radius 3 is 2.38 bits per heavy atom. The van der Waals surface area contributed by atoms with Gasteiger partial charge in [0, 0.05) is 30.7 Å². The summed E-state index contributed by atoms with van der Waals surface area (Å²) < 4.78 is 5.43. The highest BCUT2D eigenvalue weighted by atomic mass is 16.5. The lowest BCUT2D eigenvalue weighted by Crippen LogP contribution is -2.46. The zero-order valence-corrected chi connectivity index (χ0v) is 19.0. The van der Waals surface area contributed by atoms with Crippen LogP contribution < -0.4 is 10.1 Å². The molecule has 162 valence electrons. The number of hydrogen-bond acceptors (Lipinski definition) is 5. The van der Waals surface area contributed by atoms with Crippen LogP contribution in [0.1, 0.15) is 47.5 Å². The van der Waals surface area contributed by atoms with E-state index in [4.69, 9.17) is 4.74 Å². The van der Waals surface area contributed by atoms with E-state index in [0.717, 1.165) is 48.3 Å². The second-order valence-corrected chi connectivity index (χ2v) is 9.24. The number of benzene rings is 1. The Bertz CT molecular complexity index is 747. The first-order valence-corrected chi connectivity index (χ1v) is 10.8. The summed E-state index contributed by atoms with van der Waals surface area (Å²) in [6, 6.07) is 7.86. The quantitative estimate of drug-likeness (QED) is 0.535. The molecule has 2 N–H and O–H groups in total. The summed E-state index contributed by atoms with van der Waals surface area (Å²) in [5.41, 5.74) is 0.926. The number of fused-ring (bicyclic) bond motifs is 1. The molecule has 2 rings (SSSR count). The number of aliphatic hydroxyl groups is 1. The van der Waals surface area contributed by atoms with Crippen molar-refractivity contribution in [2.24, 2.45) is 11.8 Å². The molecule has 0 amide bonds. The predicted octanol–water partition coefficient (Wildman–Crippen LogP) is 4.80. The topological polar surface area (TPSA) is 57.6 Å². The summed E-state index contributed by atoms with van der Waals surface area (Å²) in [5, 5.41) is 15.6. The third-order valence-corrected chi connectivity index (χ3v) is 5.18. The van der Waals surface area contributed by atoms with Gasteiger partial charge in [0.1, 0.15) is 5.75 Å². The van der Waals surface area contributed by atoms with E-state index in [1.807, 2.05) is 31.2 Å². The fraction of sp³-hybridized carbons (Fsp3) is 0.625. The van der Waals surface area contributed by atoms with E-state index < -0.39 is 5.60 Å². The molecule has 1 atom stereocenters. The van der Waals surface area contributed by atoms with Crippen molar-refractivity contribution < 1.29 is 9.84 Å². The highest BCUT2D eigenvalue weighted by Crippen LogP contribution is 2.28. The second kappa shape index (κ2) is 10.8.